The monoisotopic (exact) mass is 464 g/mol. The van der Waals surface area contributed by atoms with Crippen molar-refractivity contribution in [3.63, 3.8) is 0 Å². The Morgan fingerprint density at radius 1 is 1.09 bits per heavy atom. The predicted molar refractivity (Wildman–Crippen MR) is 130 cm³/mol. The van der Waals surface area contributed by atoms with E-state index in [-0.39, 0.29) is 30.1 Å². The highest BCUT2D eigenvalue weighted by molar-refractivity contribution is 6.31. The minimum absolute atomic E-state index is 0.141. The molecule has 1 amide bonds. The van der Waals surface area contributed by atoms with Crippen molar-refractivity contribution in [2.45, 2.75) is 40.2 Å². The highest BCUT2D eigenvalue weighted by Gasteiger charge is 2.15. The van der Waals surface area contributed by atoms with Gasteiger partial charge < -0.3 is 10.6 Å². The summed E-state index contributed by atoms with van der Waals surface area (Å²) in [5, 5.41) is 9.58. The quantitative estimate of drug-likeness (QED) is 0.380. The van der Waals surface area contributed by atoms with Crippen molar-refractivity contribution in [3.05, 3.63) is 85.8 Å². The Hall–Kier alpha value is -3.65. The maximum atomic E-state index is 13.0. The highest BCUT2D eigenvalue weighted by atomic mass is 35.5. The predicted octanol–water partition coefficient (Wildman–Crippen LogP) is 4.18. The Bertz CT molecular complexity index is 1370. The number of amides is 1. The second-order valence-corrected chi connectivity index (χ2v) is 8.40. The van der Waals surface area contributed by atoms with Crippen molar-refractivity contribution in [2.75, 3.05) is 10.6 Å². The van der Waals surface area contributed by atoms with Crippen LogP contribution in [0.25, 0.3) is 5.78 Å². The number of fused-ring (bicyclic) bond motifs is 1. The molecule has 4 rings (SSSR count). The standard InChI is InChI=1S/C24H25ClN6O2/c1-14-7-9-17(10-8-14)13-26-23-29-24-27-16(3)18(22(33)31(24)30-23)11-12-21(32)28-20-6-4-5-19(25)15(20)2/h4-10H,11-13H2,1-3H3,(H,28,32)(H2,26,27,29,30). The fourth-order valence-electron chi connectivity index (χ4n) is 3.51. The van der Waals surface area contributed by atoms with Gasteiger partial charge >= 0.3 is 0 Å². The second kappa shape index (κ2) is 9.46. The molecule has 0 atom stereocenters. The zero-order valence-corrected chi connectivity index (χ0v) is 19.5. The number of nitrogens with one attached hydrogen (secondary N) is 3. The van der Waals surface area contributed by atoms with Crippen molar-refractivity contribution in [1.29, 1.82) is 0 Å². The van der Waals surface area contributed by atoms with Gasteiger partial charge in [0.05, 0.1) is 5.69 Å². The molecule has 0 radical (unpaired) electrons. The fraction of sp³-hybridized carbons (Fsp3) is 0.250. The first-order valence-corrected chi connectivity index (χ1v) is 11.0. The molecule has 2 heterocycles. The van der Waals surface area contributed by atoms with Crippen LogP contribution in [0.4, 0.5) is 11.6 Å². The number of nitrogens with zero attached hydrogens (tertiary/aromatic N) is 3. The van der Waals surface area contributed by atoms with E-state index in [1.165, 1.54) is 10.1 Å². The lowest BCUT2D eigenvalue weighted by atomic mass is 10.1. The van der Waals surface area contributed by atoms with Crippen LogP contribution in [-0.2, 0) is 17.8 Å². The molecular formula is C24H25ClN6O2. The van der Waals surface area contributed by atoms with Crippen molar-refractivity contribution in [3.8, 4) is 0 Å². The molecule has 0 bridgehead atoms. The molecule has 0 saturated carbocycles. The number of aryl methyl sites for hydroxylation is 2. The third-order valence-corrected chi connectivity index (χ3v) is 5.93. The van der Waals surface area contributed by atoms with Gasteiger partial charge in [-0.2, -0.15) is 9.50 Å². The normalized spacial score (nSPS) is 11.0. The molecule has 9 heteroatoms. The molecule has 170 valence electrons. The number of rotatable bonds is 7. The van der Waals surface area contributed by atoms with E-state index in [4.69, 9.17) is 11.6 Å². The van der Waals surface area contributed by atoms with Gasteiger partial charge in [-0.3, -0.25) is 14.7 Å². The summed E-state index contributed by atoms with van der Waals surface area (Å²) in [4.78, 5) is 34.3. The number of aromatic amines is 1. The molecule has 0 spiro atoms. The van der Waals surface area contributed by atoms with Gasteiger partial charge in [-0.05, 0) is 50.5 Å². The van der Waals surface area contributed by atoms with Gasteiger partial charge in [0.25, 0.3) is 11.3 Å². The van der Waals surface area contributed by atoms with E-state index in [1.54, 1.807) is 25.1 Å². The second-order valence-electron chi connectivity index (χ2n) is 7.99. The van der Waals surface area contributed by atoms with Gasteiger partial charge in [0, 0.05) is 29.2 Å². The van der Waals surface area contributed by atoms with Crippen LogP contribution >= 0.6 is 11.6 Å². The van der Waals surface area contributed by atoms with Crippen LogP contribution in [0.15, 0.2) is 47.3 Å². The van der Waals surface area contributed by atoms with Gasteiger partial charge in [-0.15, -0.1) is 0 Å². The van der Waals surface area contributed by atoms with Gasteiger partial charge in [-0.1, -0.05) is 47.5 Å². The molecule has 2 aromatic carbocycles. The number of aromatic nitrogens is 4. The van der Waals surface area contributed by atoms with Crippen LogP contribution in [0, 0.1) is 20.8 Å². The largest absolute Gasteiger partial charge is 0.351 e. The molecule has 0 saturated heterocycles. The minimum Gasteiger partial charge on any atom is -0.351 e. The summed E-state index contributed by atoms with van der Waals surface area (Å²) in [5.74, 6) is 0.534. The van der Waals surface area contributed by atoms with Crippen LogP contribution in [0.5, 0.6) is 0 Å². The first-order chi connectivity index (χ1) is 15.8. The zero-order valence-electron chi connectivity index (χ0n) is 18.7. The number of H-pyrrole nitrogens is 1. The Kier molecular flexibility index (Phi) is 6.46. The number of carbonyl (C=O) groups excluding carboxylic acids is 1. The number of halogens is 1. The van der Waals surface area contributed by atoms with E-state index in [0.717, 1.165) is 11.1 Å². The molecule has 0 unspecified atom stereocenters. The average Bonchev–Trinajstić information content (AvgIpc) is 3.19. The summed E-state index contributed by atoms with van der Waals surface area (Å²) in [5.41, 5.74) is 4.52. The van der Waals surface area contributed by atoms with E-state index < -0.39 is 0 Å². The Balaban J connectivity index is 1.46. The van der Waals surface area contributed by atoms with Crippen LogP contribution in [0.2, 0.25) is 5.02 Å². The van der Waals surface area contributed by atoms with E-state index >= 15 is 0 Å². The molecule has 8 nitrogen and oxygen atoms in total. The summed E-state index contributed by atoms with van der Waals surface area (Å²) in [6, 6.07) is 13.5. The first-order valence-electron chi connectivity index (χ1n) is 10.6. The number of hydrogen-bond acceptors (Lipinski definition) is 5. The Labute approximate surface area is 196 Å². The summed E-state index contributed by atoms with van der Waals surface area (Å²) >= 11 is 6.11. The summed E-state index contributed by atoms with van der Waals surface area (Å²) in [7, 11) is 0. The average molecular weight is 465 g/mol. The lowest BCUT2D eigenvalue weighted by Gasteiger charge is -2.10. The molecule has 4 aromatic rings. The number of hydrogen-bond donors (Lipinski definition) is 3. The van der Waals surface area contributed by atoms with Crippen LogP contribution in [-0.4, -0.2) is 25.5 Å². The van der Waals surface area contributed by atoms with Crippen molar-refractivity contribution in [1.82, 2.24) is 19.6 Å². The van der Waals surface area contributed by atoms with Crippen molar-refractivity contribution >= 4 is 34.9 Å². The van der Waals surface area contributed by atoms with Gasteiger partial charge in [0.15, 0.2) is 0 Å². The summed E-state index contributed by atoms with van der Waals surface area (Å²) in [6.07, 6.45) is 0.402. The Morgan fingerprint density at radius 3 is 2.61 bits per heavy atom. The van der Waals surface area contributed by atoms with Gasteiger partial charge in [0.2, 0.25) is 11.9 Å². The van der Waals surface area contributed by atoms with Crippen LogP contribution in [0.1, 0.15) is 34.4 Å². The van der Waals surface area contributed by atoms with Crippen LogP contribution in [0.3, 0.4) is 0 Å². The van der Waals surface area contributed by atoms with Crippen molar-refractivity contribution in [2.24, 2.45) is 0 Å². The third-order valence-electron chi connectivity index (χ3n) is 5.52. The topological polar surface area (TPSA) is 104 Å². The smallest absolute Gasteiger partial charge is 0.277 e. The van der Waals surface area contributed by atoms with E-state index in [1.807, 2.05) is 38.1 Å². The number of benzene rings is 2. The van der Waals surface area contributed by atoms with Crippen LogP contribution < -0.4 is 16.2 Å². The van der Waals surface area contributed by atoms with E-state index in [9.17, 15) is 9.59 Å². The summed E-state index contributed by atoms with van der Waals surface area (Å²) < 4.78 is 1.30. The lowest BCUT2D eigenvalue weighted by molar-refractivity contribution is -0.116. The maximum Gasteiger partial charge on any atom is 0.277 e. The SMILES string of the molecule is Cc1ccc(CNc2nc3nc(C)c(CCC(=O)Nc4cccc(Cl)c4C)c(=O)n3[nH]2)cc1. The number of anilines is 2. The Morgan fingerprint density at radius 2 is 1.85 bits per heavy atom. The lowest BCUT2D eigenvalue weighted by Crippen LogP contribution is -2.23. The van der Waals surface area contributed by atoms with E-state index in [0.29, 0.717) is 34.5 Å². The molecule has 33 heavy (non-hydrogen) atoms. The third kappa shape index (κ3) is 5.06. The van der Waals surface area contributed by atoms with Gasteiger partial charge in [0.1, 0.15) is 0 Å². The van der Waals surface area contributed by atoms with Crippen molar-refractivity contribution < 1.29 is 4.79 Å². The molecule has 0 aliphatic rings. The zero-order chi connectivity index (χ0) is 23.5. The molecule has 0 fully saturated rings. The molecular weight excluding hydrogens is 440 g/mol. The van der Waals surface area contributed by atoms with E-state index in [2.05, 4.69) is 25.7 Å². The van der Waals surface area contributed by atoms with Gasteiger partial charge in [-0.25, -0.2) is 4.98 Å². The maximum absolute atomic E-state index is 13.0. The number of carbonyl (C=O) groups is 1. The molecule has 3 N–H and O–H groups in total. The minimum atomic E-state index is -0.264. The summed E-state index contributed by atoms with van der Waals surface area (Å²) in [6.45, 7) is 6.19. The highest BCUT2D eigenvalue weighted by Crippen LogP contribution is 2.23. The fourth-order valence-corrected chi connectivity index (χ4v) is 3.68. The molecule has 0 aliphatic carbocycles. The molecule has 0 aliphatic heterocycles. The molecule has 2 aromatic heterocycles. The first kappa shape index (κ1) is 22.5.